The van der Waals surface area contributed by atoms with Gasteiger partial charge in [-0.1, -0.05) is 0 Å². The van der Waals surface area contributed by atoms with Crippen molar-refractivity contribution in [3.8, 4) is 0 Å². The minimum absolute atomic E-state index is 0.224. The van der Waals surface area contributed by atoms with Crippen molar-refractivity contribution in [3.63, 3.8) is 0 Å². The van der Waals surface area contributed by atoms with Gasteiger partial charge in [-0.15, -0.1) is 0 Å². The van der Waals surface area contributed by atoms with Crippen molar-refractivity contribution >= 4 is 23.8 Å². The SMILES string of the molecule is O=C1NC(=O)C2(CCN(C(=O)CNC(=O)c3cc(F)cc(F)c3)CC2)N1. The van der Waals surface area contributed by atoms with Crippen molar-refractivity contribution in [2.75, 3.05) is 19.6 Å². The lowest BCUT2D eigenvalue weighted by atomic mass is 9.88. The number of likely N-dealkylation sites (tertiary alicyclic amines) is 1. The predicted molar refractivity (Wildman–Crippen MR) is 83.9 cm³/mol. The summed E-state index contributed by atoms with van der Waals surface area (Å²) in [6, 6.07) is 1.83. The summed E-state index contributed by atoms with van der Waals surface area (Å²) in [5.74, 6) is -3.35. The first-order valence-corrected chi connectivity index (χ1v) is 7.95. The van der Waals surface area contributed by atoms with E-state index in [-0.39, 0.29) is 38.0 Å². The Labute approximate surface area is 146 Å². The van der Waals surface area contributed by atoms with E-state index in [1.165, 1.54) is 4.90 Å². The van der Waals surface area contributed by atoms with Crippen molar-refractivity contribution in [1.82, 2.24) is 20.9 Å². The monoisotopic (exact) mass is 366 g/mol. The molecule has 26 heavy (non-hydrogen) atoms. The third kappa shape index (κ3) is 3.48. The number of piperidine rings is 1. The maximum atomic E-state index is 13.1. The number of nitrogens with zero attached hydrogens (tertiary/aromatic N) is 1. The normalized spacial score (nSPS) is 18.5. The van der Waals surface area contributed by atoms with E-state index >= 15 is 0 Å². The second-order valence-corrected chi connectivity index (χ2v) is 6.21. The number of rotatable bonds is 3. The molecule has 3 N–H and O–H groups in total. The van der Waals surface area contributed by atoms with Gasteiger partial charge in [-0.2, -0.15) is 0 Å². The molecule has 8 nitrogen and oxygen atoms in total. The van der Waals surface area contributed by atoms with E-state index in [9.17, 15) is 28.0 Å². The molecule has 0 atom stereocenters. The van der Waals surface area contributed by atoms with Gasteiger partial charge in [-0.3, -0.25) is 19.7 Å². The molecule has 0 radical (unpaired) electrons. The lowest BCUT2D eigenvalue weighted by Crippen LogP contribution is -2.56. The minimum Gasteiger partial charge on any atom is -0.343 e. The summed E-state index contributed by atoms with van der Waals surface area (Å²) in [5, 5.41) is 7.08. The molecule has 2 fully saturated rings. The van der Waals surface area contributed by atoms with E-state index in [4.69, 9.17) is 0 Å². The summed E-state index contributed by atoms with van der Waals surface area (Å²) in [5.41, 5.74) is -1.21. The fourth-order valence-corrected chi connectivity index (χ4v) is 3.07. The van der Waals surface area contributed by atoms with Gasteiger partial charge in [-0.05, 0) is 25.0 Å². The van der Waals surface area contributed by atoms with Gasteiger partial charge < -0.3 is 15.5 Å². The van der Waals surface area contributed by atoms with Crippen LogP contribution < -0.4 is 16.0 Å². The van der Waals surface area contributed by atoms with Crippen LogP contribution in [0.3, 0.4) is 0 Å². The van der Waals surface area contributed by atoms with Crippen LogP contribution >= 0.6 is 0 Å². The summed E-state index contributed by atoms with van der Waals surface area (Å²) in [6.45, 7) is 0.122. The molecular weight excluding hydrogens is 350 g/mol. The number of urea groups is 1. The van der Waals surface area contributed by atoms with Crippen LogP contribution in [0.2, 0.25) is 0 Å². The number of carbonyl (C=O) groups is 4. The highest BCUT2D eigenvalue weighted by Gasteiger charge is 2.48. The molecule has 0 aliphatic carbocycles. The van der Waals surface area contributed by atoms with Crippen LogP contribution in [0.5, 0.6) is 0 Å². The number of imide groups is 1. The average molecular weight is 366 g/mol. The minimum atomic E-state index is -0.990. The average Bonchev–Trinajstić information content (AvgIpc) is 2.85. The molecule has 2 aliphatic heterocycles. The summed E-state index contributed by atoms with van der Waals surface area (Å²) >= 11 is 0. The predicted octanol–water partition coefficient (Wildman–Crippen LogP) is -0.105. The zero-order chi connectivity index (χ0) is 18.9. The fraction of sp³-hybridized carbons (Fsp3) is 0.375. The molecule has 2 heterocycles. The molecule has 3 rings (SSSR count). The zero-order valence-corrected chi connectivity index (χ0v) is 13.6. The van der Waals surface area contributed by atoms with Crippen molar-refractivity contribution < 1.29 is 28.0 Å². The van der Waals surface area contributed by atoms with Crippen molar-refractivity contribution in [2.24, 2.45) is 0 Å². The first-order valence-electron chi connectivity index (χ1n) is 7.95. The first-order chi connectivity index (χ1) is 12.3. The largest absolute Gasteiger partial charge is 0.343 e. The number of benzene rings is 1. The van der Waals surface area contributed by atoms with E-state index in [0.29, 0.717) is 6.07 Å². The Hall–Kier alpha value is -3.04. The van der Waals surface area contributed by atoms with E-state index in [1.807, 2.05) is 0 Å². The summed E-state index contributed by atoms with van der Waals surface area (Å²) in [4.78, 5) is 48.7. The van der Waals surface area contributed by atoms with E-state index in [1.54, 1.807) is 0 Å². The molecule has 1 aromatic carbocycles. The van der Waals surface area contributed by atoms with Crippen LogP contribution in [0.15, 0.2) is 18.2 Å². The second-order valence-electron chi connectivity index (χ2n) is 6.21. The van der Waals surface area contributed by atoms with Gasteiger partial charge in [0.1, 0.15) is 17.2 Å². The second kappa shape index (κ2) is 6.70. The summed E-state index contributed by atoms with van der Waals surface area (Å²) in [7, 11) is 0. The molecule has 0 bridgehead atoms. The molecule has 0 unspecified atom stereocenters. The smallest absolute Gasteiger partial charge is 0.322 e. The third-order valence-electron chi connectivity index (χ3n) is 4.51. The molecule has 5 amide bonds. The summed E-state index contributed by atoms with van der Waals surface area (Å²) < 4.78 is 26.2. The lowest BCUT2D eigenvalue weighted by molar-refractivity contribution is -0.134. The third-order valence-corrected chi connectivity index (χ3v) is 4.51. The molecular formula is C16H16F2N4O4. The van der Waals surface area contributed by atoms with E-state index < -0.39 is 40.9 Å². The van der Waals surface area contributed by atoms with Gasteiger partial charge in [0.05, 0.1) is 6.54 Å². The highest BCUT2D eigenvalue weighted by Crippen LogP contribution is 2.25. The van der Waals surface area contributed by atoms with Crippen molar-refractivity contribution in [2.45, 2.75) is 18.4 Å². The number of halogens is 2. The molecule has 0 saturated carbocycles. The van der Waals surface area contributed by atoms with Gasteiger partial charge in [0, 0.05) is 24.7 Å². The van der Waals surface area contributed by atoms with Crippen LogP contribution in [0.1, 0.15) is 23.2 Å². The molecule has 2 saturated heterocycles. The van der Waals surface area contributed by atoms with Crippen LogP contribution in [-0.2, 0) is 9.59 Å². The van der Waals surface area contributed by atoms with E-state index in [0.717, 1.165) is 12.1 Å². The maximum absolute atomic E-state index is 13.1. The Morgan fingerprint density at radius 1 is 1.12 bits per heavy atom. The van der Waals surface area contributed by atoms with Gasteiger partial charge in [-0.25, -0.2) is 13.6 Å². The van der Waals surface area contributed by atoms with Crippen LogP contribution in [0, 0.1) is 11.6 Å². The summed E-state index contributed by atoms with van der Waals surface area (Å²) in [6.07, 6.45) is 0.527. The van der Waals surface area contributed by atoms with Gasteiger partial charge in [0.2, 0.25) is 5.91 Å². The fourth-order valence-electron chi connectivity index (χ4n) is 3.07. The number of hydrogen-bond donors (Lipinski definition) is 3. The maximum Gasteiger partial charge on any atom is 0.322 e. The Bertz CT molecular complexity index is 770. The topological polar surface area (TPSA) is 108 Å². The molecule has 0 aromatic heterocycles. The highest BCUT2D eigenvalue weighted by molar-refractivity contribution is 6.07. The van der Waals surface area contributed by atoms with Gasteiger partial charge >= 0.3 is 6.03 Å². The van der Waals surface area contributed by atoms with Crippen LogP contribution in [0.25, 0.3) is 0 Å². The number of hydrogen-bond acceptors (Lipinski definition) is 4. The molecule has 1 spiro atoms. The molecule has 2 aliphatic rings. The van der Waals surface area contributed by atoms with Crippen LogP contribution in [-0.4, -0.2) is 53.8 Å². The Morgan fingerprint density at radius 2 is 1.73 bits per heavy atom. The highest BCUT2D eigenvalue weighted by atomic mass is 19.1. The Morgan fingerprint density at radius 3 is 2.27 bits per heavy atom. The van der Waals surface area contributed by atoms with Crippen molar-refractivity contribution in [1.29, 1.82) is 0 Å². The molecule has 10 heteroatoms. The van der Waals surface area contributed by atoms with Gasteiger partial charge in [0.25, 0.3) is 11.8 Å². The molecule has 138 valence electrons. The first kappa shape index (κ1) is 17.8. The number of carbonyl (C=O) groups excluding carboxylic acids is 4. The van der Waals surface area contributed by atoms with Gasteiger partial charge in [0.15, 0.2) is 0 Å². The van der Waals surface area contributed by atoms with E-state index in [2.05, 4.69) is 16.0 Å². The Kier molecular flexibility index (Phi) is 4.58. The molecule has 1 aromatic rings. The van der Waals surface area contributed by atoms with Crippen molar-refractivity contribution in [3.05, 3.63) is 35.4 Å². The van der Waals surface area contributed by atoms with Crippen LogP contribution in [0.4, 0.5) is 13.6 Å². The quantitative estimate of drug-likeness (QED) is 0.649. The number of amides is 5. The Balaban J connectivity index is 1.52. The zero-order valence-electron chi connectivity index (χ0n) is 13.6. The standard InChI is InChI=1S/C16H16F2N4O4/c17-10-5-9(6-11(18)7-10)13(24)19-8-12(23)22-3-1-16(2-4-22)14(25)20-15(26)21-16/h5-7H,1-4,8H2,(H,19,24)(H2,20,21,25,26). The lowest BCUT2D eigenvalue weighted by Gasteiger charge is -2.37. The number of nitrogens with one attached hydrogen (secondary N) is 3.